The van der Waals surface area contributed by atoms with E-state index in [1.165, 1.54) is 6.92 Å². The number of rotatable bonds is 5. The minimum atomic E-state index is -1.98. The molecule has 0 aliphatic heterocycles. The topological polar surface area (TPSA) is 157 Å². The lowest BCUT2D eigenvalue weighted by atomic mass is 9.99. The first-order chi connectivity index (χ1) is 6.29. The highest BCUT2D eigenvalue weighted by Crippen LogP contribution is 1.96. The molecule has 0 fully saturated rings. The van der Waals surface area contributed by atoms with Crippen LogP contribution in [0.3, 0.4) is 0 Å². The zero-order chi connectivity index (χ0) is 11.5. The lowest BCUT2D eigenvalue weighted by molar-refractivity contribution is -0.143. The molecule has 0 bridgehead atoms. The molecule has 0 aromatic rings. The number of nitrogens with one attached hydrogen (secondary N) is 2. The lowest BCUT2D eigenvalue weighted by Crippen LogP contribution is -2.51. The second kappa shape index (κ2) is 4.80. The molecule has 0 aromatic heterocycles. The molecule has 0 amide bonds. The van der Waals surface area contributed by atoms with E-state index in [1.54, 1.807) is 0 Å². The molecule has 0 aliphatic rings. The van der Waals surface area contributed by atoms with Crippen LogP contribution in [0.25, 0.3) is 0 Å². The number of aliphatic carboxylic acids is 1. The van der Waals surface area contributed by atoms with Crippen LogP contribution in [0.1, 0.15) is 6.92 Å². The van der Waals surface area contributed by atoms with Crippen LogP contribution in [0.2, 0.25) is 0 Å². The van der Waals surface area contributed by atoms with Gasteiger partial charge in [0, 0.05) is 11.8 Å². The molecule has 0 aromatic carbocycles. The molecule has 0 spiro atoms. The van der Waals surface area contributed by atoms with Crippen LogP contribution < -0.4 is 11.5 Å². The van der Waals surface area contributed by atoms with Crippen molar-refractivity contribution in [2.45, 2.75) is 25.1 Å². The van der Waals surface area contributed by atoms with Crippen LogP contribution in [-0.4, -0.2) is 45.8 Å². The van der Waals surface area contributed by atoms with E-state index in [1.807, 2.05) is 0 Å². The average Bonchev–Trinajstić information content (AvgIpc) is 2.12. The number of nitrogens with two attached hydrogens (primary N) is 2. The van der Waals surface area contributed by atoms with Crippen LogP contribution in [0.15, 0.2) is 0 Å². The van der Waals surface area contributed by atoms with Crippen LogP contribution in [-0.2, 0) is 4.79 Å². The predicted molar refractivity (Wildman–Crippen MR) is 50.7 cm³/mol. The number of carboxylic acid groups (broad SMARTS) is 1. The van der Waals surface area contributed by atoms with Gasteiger partial charge in [0.25, 0.3) is 0 Å². The van der Waals surface area contributed by atoms with Gasteiger partial charge in [0.1, 0.15) is 0 Å². The van der Waals surface area contributed by atoms with Crippen molar-refractivity contribution in [1.82, 2.24) is 0 Å². The van der Waals surface area contributed by atoms with Crippen molar-refractivity contribution < 1.29 is 15.0 Å². The Morgan fingerprint density at radius 1 is 1.29 bits per heavy atom. The zero-order valence-corrected chi connectivity index (χ0v) is 7.69. The second-order valence-corrected chi connectivity index (χ2v) is 2.92. The molecule has 0 saturated carbocycles. The van der Waals surface area contributed by atoms with E-state index < -0.39 is 29.9 Å². The van der Waals surface area contributed by atoms with E-state index in [2.05, 4.69) is 0 Å². The fourth-order valence-corrected chi connectivity index (χ4v) is 0.754. The van der Waals surface area contributed by atoms with Gasteiger partial charge >= 0.3 is 5.97 Å². The molecule has 7 nitrogen and oxygen atoms in total. The zero-order valence-electron chi connectivity index (χ0n) is 7.69. The first kappa shape index (κ1) is 12.7. The van der Waals surface area contributed by atoms with Gasteiger partial charge in [-0.15, -0.1) is 0 Å². The van der Waals surface area contributed by atoms with Crippen molar-refractivity contribution in [2.75, 3.05) is 0 Å². The average molecular weight is 202 g/mol. The van der Waals surface area contributed by atoms with Crippen molar-refractivity contribution in [3.8, 4) is 0 Å². The van der Waals surface area contributed by atoms with Crippen molar-refractivity contribution in [2.24, 2.45) is 11.5 Å². The summed E-state index contributed by atoms with van der Waals surface area (Å²) in [6.45, 7) is 1.49. The van der Waals surface area contributed by atoms with Gasteiger partial charge in [-0.2, -0.15) is 0 Å². The molecule has 0 rings (SSSR count). The Kier molecular flexibility index (Phi) is 4.35. The fraction of sp³-hybridized carbons (Fsp3) is 0.571. The van der Waals surface area contributed by atoms with Gasteiger partial charge in [-0.3, -0.25) is 0 Å². The predicted octanol–water partition coefficient (Wildman–Crippen LogP) is -1.85. The molecule has 0 saturated heterocycles. The van der Waals surface area contributed by atoms with Gasteiger partial charge in [0.15, 0.2) is 6.10 Å². The third-order valence-electron chi connectivity index (χ3n) is 1.69. The third kappa shape index (κ3) is 2.87. The van der Waals surface area contributed by atoms with E-state index in [4.69, 9.17) is 32.5 Å². The number of carboxylic acids is 1. The number of hydrogen-bond acceptors (Lipinski definition) is 6. The Balaban J connectivity index is 4.55. The fourth-order valence-electron chi connectivity index (χ4n) is 0.754. The SMILES string of the molecule is CC(N)C(=N)C(N)C(=N)C(O)C(=O)O. The Bertz CT molecular complexity index is 264. The van der Waals surface area contributed by atoms with E-state index >= 15 is 0 Å². The van der Waals surface area contributed by atoms with Crippen LogP contribution in [0, 0.1) is 10.8 Å². The summed E-state index contributed by atoms with van der Waals surface area (Å²) in [5, 5.41) is 31.8. The maximum atomic E-state index is 10.3. The Morgan fingerprint density at radius 3 is 2.00 bits per heavy atom. The summed E-state index contributed by atoms with van der Waals surface area (Å²) in [5.41, 5.74) is 9.84. The van der Waals surface area contributed by atoms with E-state index in [9.17, 15) is 4.79 Å². The van der Waals surface area contributed by atoms with Gasteiger partial charge < -0.3 is 32.5 Å². The van der Waals surface area contributed by atoms with E-state index in [0.29, 0.717) is 0 Å². The normalized spacial score (nSPS) is 16.9. The molecule has 8 N–H and O–H groups in total. The first-order valence-corrected chi connectivity index (χ1v) is 3.87. The number of aliphatic hydroxyl groups is 1. The standard InChI is InChI=1S/C7H14N4O3/c1-2(8)3(9)4(10)5(11)6(12)7(13)14/h2,4,6,9,11-12H,8,10H2,1H3,(H,13,14). The molecule has 0 aliphatic carbocycles. The van der Waals surface area contributed by atoms with Crippen molar-refractivity contribution in [3.63, 3.8) is 0 Å². The number of aliphatic hydroxyl groups excluding tert-OH is 1. The third-order valence-corrected chi connectivity index (χ3v) is 1.69. The summed E-state index contributed by atoms with van der Waals surface area (Å²) >= 11 is 0. The van der Waals surface area contributed by atoms with Gasteiger partial charge in [-0.1, -0.05) is 0 Å². The Hall–Kier alpha value is -1.31. The maximum absolute atomic E-state index is 10.3. The lowest BCUT2D eigenvalue weighted by Gasteiger charge is -2.18. The highest BCUT2D eigenvalue weighted by molar-refractivity contribution is 6.17. The number of carbonyl (C=O) groups is 1. The van der Waals surface area contributed by atoms with Crippen molar-refractivity contribution >= 4 is 17.4 Å². The van der Waals surface area contributed by atoms with Crippen LogP contribution in [0.4, 0.5) is 0 Å². The quantitative estimate of drug-likeness (QED) is 0.288. The highest BCUT2D eigenvalue weighted by Gasteiger charge is 2.27. The van der Waals surface area contributed by atoms with Gasteiger partial charge in [-0.25, -0.2) is 4.79 Å². The van der Waals surface area contributed by atoms with E-state index in [-0.39, 0.29) is 5.71 Å². The summed E-state index contributed by atoms with van der Waals surface area (Å²) in [7, 11) is 0. The summed E-state index contributed by atoms with van der Waals surface area (Å²) < 4.78 is 0. The molecule has 7 heteroatoms. The van der Waals surface area contributed by atoms with E-state index in [0.717, 1.165) is 0 Å². The smallest absolute Gasteiger partial charge is 0.338 e. The van der Waals surface area contributed by atoms with Crippen molar-refractivity contribution in [1.29, 1.82) is 10.8 Å². The molecule has 80 valence electrons. The van der Waals surface area contributed by atoms with Gasteiger partial charge in [-0.05, 0) is 6.92 Å². The monoisotopic (exact) mass is 202 g/mol. The maximum Gasteiger partial charge on any atom is 0.338 e. The molecule has 14 heavy (non-hydrogen) atoms. The molecular weight excluding hydrogens is 188 g/mol. The van der Waals surface area contributed by atoms with Crippen LogP contribution >= 0.6 is 0 Å². The van der Waals surface area contributed by atoms with Crippen LogP contribution in [0.5, 0.6) is 0 Å². The summed E-state index contributed by atoms with van der Waals surface area (Å²) in [6.07, 6.45) is -1.98. The van der Waals surface area contributed by atoms with Gasteiger partial charge in [0.2, 0.25) is 0 Å². The molecule has 0 radical (unpaired) electrons. The molecular formula is C7H14N4O3. The van der Waals surface area contributed by atoms with Gasteiger partial charge in [0.05, 0.1) is 11.8 Å². The largest absolute Gasteiger partial charge is 0.479 e. The molecule has 0 heterocycles. The summed E-state index contributed by atoms with van der Waals surface area (Å²) in [6, 6.07) is -1.92. The summed E-state index contributed by atoms with van der Waals surface area (Å²) in [4.78, 5) is 10.3. The summed E-state index contributed by atoms with van der Waals surface area (Å²) in [5.74, 6) is -1.57. The highest BCUT2D eigenvalue weighted by atomic mass is 16.4. The minimum Gasteiger partial charge on any atom is -0.479 e. The Morgan fingerprint density at radius 2 is 1.71 bits per heavy atom. The number of hydrogen-bond donors (Lipinski definition) is 6. The first-order valence-electron chi connectivity index (χ1n) is 3.87. The second-order valence-electron chi connectivity index (χ2n) is 2.92. The molecule has 3 atom stereocenters. The molecule has 3 unspecified atom stereocenters. The Labute approximate surface area is 80.7 Å². The van der Waals surface area contributed by atoms with Crippen molar-refractivity contribution in [3.05, 3.63) is 0 Å². The minimum absolute atomic E-state index is 0.185.